The van der Waals surface area contributed by atoms with Gasteiger partial charge >= 0.3 is 11.7 Å². The van der Waals surface area contributed by atoms with E-state index >= 15 is 0 Å². The average Bonchev–Trinajstić information content (AvgIpc) is 2.87. The number of amides is 1. The first-order valence-electron chi connectivity index (χ1n) is 11.8. The lowest BCUT2D eigenvalue weighted by atomic mass is 9.98. The lowest BCUT2D eigenvalue weighted by Gasteiger charge is -2.31. The standard InChI is InChI=1S/C26H27ClN4O5/c1-3-36-25(34)19-10-7-13-29(15-19)23(32)22-24(33)30(16-18-9-4-5-12-21(18)27)26(35)31(28-22)20-11-6-8-17(2)14-20/h4-6,8-9,11-12,14,19H,3,7,10,13,15-16H2,1-2H3/t19-/m0/s1. The highest BCUT2D eigenvalue weighted by molar-refractivity contribution is 6.31. The molecule has 0 spiro atoms. The van der Waals surface area contributed by atoms with E-state index in [9.17, 15) is 19.2 Å². The fourth-order valence-corrected chi connectivity index (χ4v) is 4.47. The summed E-state index contributed by atoms with van der Waals surface area (Å²) in [5.41, 5.74) is -0.0415. The van der Waals surface area contributed by atoms with Gasteiger partial charge in [-0.05, 0) is 56.0 Å². The second-order valence-electron chi connectivity index (χ2n) is 8.71. The summed E-state index contributed by atoms with van der Waals surface area (Å²) >= 11 is 6.29. The Labute approximate surface area is 212 Å². The molecular formula is C26H27ClN4O5. The van der Waals surface area contributed by atoms with Crippen molar-refractivity contribution in [3.05, 3.63) is 91.2 Å². The minimum atomic E-state index is -0.813. The number of halogens is 1. The lowest BCUT2D eigenvalue weighted by Crippen LogP contribution is -2.49. The molecule has 1 fully saturated rings. The zero-order chi connectivity index (χ0) is 25.8. The molecule has 188 valence electrons. The van der Waals surface area contributed by atoms with Crippen LogP contribution in [0.1, 0.15) is 41.4 Å². The molecule has 1 amide bonds. The molecule has 1 saturated heterocycles. The van der Waals surface area contributed by atoms with Gasteiger partial charge in [-0.15, -0.1) is 0 Å². The zero-order valence-electron chi connectivity index (χ0n) is 20.1. The molecular weight excluding hydrogens is 484 g/mol. The summed E-state index contributed by atoms with van der Waals surface area (Å²) < 4.78 is 7.15. The monoisotopic (exact) mass is 510 g/mol. The number of nitrogens with zero attached hydrogens (tertiary/aromatic N) is 4. The second-order valence-corrected chi connectivity index (χ2v) is 9.11. The third-order valence-corrected chi connectivity index (χ3v) is 6.49. The van der Waals surface area contributed by atoms with Crippen LogP contribution in [0.3, 0.4) is 0 Å². The van der Waals surface area contributed by atoms with Crippen LogP contribution in [0.25, 0.3) is 5.69 Å². The number of hydrogen-bond acceptors (Lipinski definition) is 6. The summed E-state index contributed by atoms with van der Waals surface area (Å²) in [5.74, 6) is -1.48. The van der Waals surface area contributed by atoms with Gasteiger partial charge in [-0.2, -0.15) is 9.78 Å². The summed E-state index contributed by atoms with van der Waals surface area (Å²) in [6.07, 6.45) is 1.18. The number of rotatable bonds is 6. The molecule has 0 N–H and O–H groups in total. The molecule has 9 nitrogen and oxygen atoms in total. The van der Waals surface area contributed by atoms with Gasteiger partial charge in [0.25, 0.3) is 11.5 Å². The normalized spacial score (nSPS) is 15.5. The number of ether oxygens (including phenoxy) is 1. The van der Waals surface area contributed by atoms with Crippen molar-refractivity contribution in [2.45, 2.75) is 33.2 Å². The van der Waals surface area contributed by atoms with Crippen LogP contribution >= 0.6 is 11.6 Å². The van der Waals surface area contributed by atoms with Crippen molar-refractivity contribution < 1.29 is 14.3 Å². The van der Waals surface area contributed by atoms with Crippen molar-refractivity contribution in [3.63, 3.8) is 0 Å². The molecule has 0 radical (unpaired) electrons. The zero-order valence-corrected chi connectivity index (χ0v) is 20.9. The minimum absolute atomic E-state index is 0.118. The molecule has 1 aromatic heterocycles. The smallest absolute Gasteiger partial charge is 0.352 e. The first-order valence-corrected chi connectivity index (χ1v) is 12.2. The van der Waals surface area contributed by atoms with E-state index in [4.69, 9.17) is 16.3 Å². The Morgan fingerprint density at radius 1 is 1.14 bits per heavy atom. The van der Waals surface area contributed by atoms with Crippen molar-refractivity contribution in [2.75, 3.05) is 19.7 Å². The lowest BCUT2D eigenvalue weighted by molar-refractivity contribution is -0.149. The van der Waals surface area contributed by atoms with Crippen LogP contribution < -0.4 is 11.2 Å². The molecule has 10 heteroatoms. The predicted octanol–water partition coefficient (Wildman–Crippen LogP) is 2.82. The Balaban J connectivity index is 1.80. The van der Waals surface area contributed by atoms with E-state index in [0.29, 0.717) is 35.7 Å². The second kappa shape index (κ2) is 10.9. The summed E-state index contributed by atoms with van der Waals surface area (Å²) in [6, 6.07) is 13.9. The third kappa shape index (κ3) is 5.26. The largest absolute Gasteiger partial charge is 0.466 e. The van der Waals surface area contributed by atoms with Crippen molar-refractivity contribution >= 4 is 23.5 Å². The summed E-state index contributed by atoms with van der Waals surface area (Å²) in [4.78, 5) is 54.1. The van der Waals surface area contributed by atoms with Crippen molar-refractivity contribution in [2.24, 2.45) is 5.92 Å². The van der Waals surface area contributed by atoms with Gasteiger partial charge in [0, 0.05) is 18.1 Å². The quantitative estimate of drug-likeness (QED) is 0.472. The maximum absolute atomic E-state index is 13.5. The van der Waals surface area contributed by atoms with Crippen LogP contribution in [0.2, 0.25) is 5.02 Å². The van der Waals surface area contributed by atoms with E-state index < -0.39 is 28.8 Å². The van der Waals surface area contributed by atoms with Gasteiger partial charge in [-0.1, -0.05) is 41.9 Å². The highest BCUT2D eigenvalue weighted by Gasteiger charge is 2.32. The van der Waals surface area contributed by atoms with Crippen LogP contribution in [0.15, 0.2) is 58.1 Å². The number of esters is 1. The highest BCUT2D eigenvalue weighted by atomic mass is 35.5. The average molecular weight is 511 g/mol. The minimum Gasteiger partial charge on any atom is -0.466 e. The van der Waals surface area contributed by atoms with E-state index in [2.05, 4.69) is 5.10 Å². The number of piperidine rings is 1. The molecule has 4 rings (SSSR count). The third-order valence-electron chi connectivity index (χ3n) is 6.12. The van der Waals surface area contributed by atoms with Gasteiger partial charge in [-0.3, -0.25) is 19.0 Å². The van der Waals surface area contributed by atoms with Gasteiger partial charge in [0.05, 0.1) is 24.8 Å². The number of benzene rings is 2. The molecule has 36 heavy (non-hydrogen) atoms. The van der Waals surface area contributed by atoms with Gasteiger partial charge < -0.3 is 9.64 Å². The van der Waals surface area contributed by atoms with Gasteiger partial charge in [0.2, 0.25) is 5.69 Å². The van der Waals surface area contributed by atoms with Crippen LogP contribution in [0, 0.1) is 12.8 Å². The van der Waals surface area contributed by atoms with E-state index in [1.54, 1.807) is 49.4 Å². The van der Waals surface area contributed by atoms with Gasteiger partial charge in [-0.25, -0.2) is 4.79 Å². The topological polar surface area (TPSA) is 104 Å². The van der Waals surface area contributed by atoms with E-state index in [1.165, 1.54) is 4.90 Å². The molecule has 2 heterocycles. The number of carbonyl (C=O) groups excluding carboxylic acids is 2. The number of hydrogen-bond donors (Lipinski definition) is 0. The molecule has 3 aromatic rings. The fraction of sp³-hybridized carbons (Fsp3) is 0.346. The van der Waals surface area contributed by atoms with Crippen LogP contribution in [-0.4, -0.2) is 50.8 Å². The summed E-state index contributed by atoms with van der Waals surface area (Å²) in [5, 5.41) is 4.61. The van der Waals surface area contributed by atoms with Gasteiger partial charge in [0.1, 0.15) is 0 Å². The SMILES string of the molecule is CCOC(=O)[C@H]1CCCN(C(=O)c2nn(-c3cccc(C)c3)c(=O)n(Cc3ccccc3Cl)c2=O)C1. The number of likely N-dealkylation sites (tertiary alicyclic amines) is 1. The Bertz CT molecular complexity index is 1410. The number of aromatic nitrogens is 3. The van der Waals surface area contributed by atoms with E-state index in [0.717, 1.165) is 14.8 Å². The fourth-order valence-electron chi connectivity index (χ4n) is 4.28. The van der Waals surface area contributed by atoms with Crippen LogP contribution in [0.4, 0.5) is 0 Å². The number of aryl methyl sites for hydroxylation is 1. The van der Waals surface area contributed by atoms with Crippen molar-refractivity contribution in [3.8, 4) is 5.69 Å². The van der Waals surface area contributed by atoms with Gasteiger partial charge in [0.15, 0.2) is 0 Å². The molecule has 0 aliphatic carbocycles. The molecule has 1 aliphatic rings. The molecule has 1 atom stereocenters. The first kappa shape index (κ1) is 25.4. The van der Waals surface area contributed by atoms with Crippen LogP contribution in [0.5, 0.6) is 0 Å². The Morgan fingerprint density at radius 3 is 2.64 bits per heavy atom. The first-order chi connectivity index (χ1) is 17.3. The van der Waals surface area contributed by atoms with E-state index in [1.807, 2.05) is 13.0 Å². The number of carbonyl (C=O) groups is 2. The maximum Gasteiger partial charge on any atom is 0.352 e. The maximum atomic E-state index is 13.5. The molecule has 0 unspecified atom stereocenters. The van der Waals surface area contributed by atoms with E-state index in [-0.39, 0.29) is 25.7 Å². The molecule has 0 bridgehead atoms. The molecule has 1 aliphatic heterocycles. The highest BCUT2D eigenvalue weighted by Crippen LogP contribution is 2.19. The Hall–Kier alpha value is -3.72. The molecule has 2 aromatic carbocycles. The molecule has 0 saturated carbocycles. The predicted molar refractivity (Wildman–Crippen MR) is 135 cm³/mol. The summed E-state index contributed by atoms with van der Waals surface area (Å²) in [7, 11) is 0. The Morgan fingerprint density at radius 2 is 1.92 bits per heavy atom. The van der Waals surface area contributed by atoms with Crippen molar-refractivity contribution in [1.82, 2.24) is 19.2 Å². The Kier molecular flexibility index (Phi) is 7.69. The summed E-state index contributed by atoms with van der Waals surface area (Å²) in [6.45, 7) is 4.19. The van der Waals surface area contributed by atoms with Crippen LogP contribution in [-0.2, 0) is 16.1 Å². The van der Waals surface area contributed by atoms with Crippen molar-refractivity contribution in [1.29, 1.82) is 0 Å².